The quantitative estimate of drug-likeness (QED) is 0.765. The lowest BCUT2D eigenvalue weighted by molar-refractivity contribution is 0.380. The second kappa shape index (κ2) is 4.01. The minimum absolute atomic E-state index is 0.0120. The molecule has 1 aromatic rings. The van der Waals surface area contributed by atoms with Crippen molar-refractivity contribution in [3.8, 4) is 5.75 Å². The summed E-state index contributed by atoms with van der Waals surface area (Å²) in [4.78, 5) is 0. The Balaban J connectivity index is 2.14. The molecule has 19 heavy (non-hydrogen) atoms. The van der Waals surface area contributed by atoms with Gasteiger partial charge >= 0.3 is 0 Å². The van der Waals surface area contributed by atoms with Crippen LogP contribution in [0.5, 0.6) is 5.75 Å². The van der Waals surface area contributed by atoms with Gasteiger partial charge in [0.15, 0.2) is 0 Å². The molecular weight excluding hydrogens is 232 g/mol. The molecule has 0 spiro atoms. The molecule has 2 bridgehead atoms. The van der Waals surface area contributed by atoms with E-state index in [1.807, 2.05) is 0 Å². The summed E-state index contributed by atoms with van der Waals surface area (Å²) >= 11 is 0. The normalized spacial score (nSPS) is 30.0. The van der Waals surface area contributed by atoms with Crippen LogP contribution in [0.25, 0.3) is 0 Å². The van der Waals surface area contributed by atoms with Gasteiger partial charge in [-0.2, -0.15) is 0 Å². The molecule has 1 aromatic carbocycles. The number of fused-ring (bicyclic) bond motifs is 2. The molecule has 1 N–H and O–H groups in total. The van der Waals surface area contributed by atoms with Gasteiger partial charge in [-0.25, -0.2) is 0 Å². The Labute approximate surface area is 117 Å². The largest absolute Gasteiger partial charge is 0.507 e. The standard InChI is InChI=1S/C18H26O/c1-12-9-14(17(2,3)4)16(19)15(10-12)18-7-5-13(11-18)6-8-18/h9-10,13,19H,5-8,11H2,1-4H3. The van der Waals surface area contributed by atoms with E-state index in [2.05, 4.69) is 39.8 Å². The van der Waals surface area contributed by atoms with Crippen LogP contribution in [-0.2, 0) is 10.8 Å². The van der Waals surface area contributed by atoms with E-state index >= 15 is 0 Å². The highest BCUT2D eigenvalue weighted by atomic mass is 16.3. The molecule has 2 saturated carbocycles. The number of phenolic OH excluding ortho intramolecular Hbond substituents is 1. The molecule has 0 heterocycles. The van der Waals surface area contributed by atoms with Gasteiger partial charge in [0.05, 0.1) is 0 Å². The molecule has 2 fully saturated rings. The highest BCUT2D eigenvalue weighted by Gasteiger charge is 2.47. The zero-order chi connectivity index (χ0) is 13.8. The van der Waals surface area contributed by atoms with Crippen molar-refractivity contribution in [3.63, 3.8) is 0 Å². The summed E-state index contributed by atoms with van der Waals surface area (Å²) < 4.78 is 0. The van der Waals surface area contributed by atoms with Crippen LogP contribution in [0.15, 0.2) is 12.1 Å². The Kier molecular flexibility index (Phi) is 2.75. The molecule has 0 atom stereocenters. The Hall–Kier alpha value is -0.980. The molecular formula is C18H26O. The molecule has 0 amide bonds. The van der Waals surface area contributed by atoms with Crippen molar-refractivity contribution in [2.45, 2.75) is 70.6 Å². The van der Waals surface area contributed by atoms with Gasteiger partial charge < -0.3 is 5.11 Å². The topological polar surface area (TPSA) is 20.2 Å². The van der Waals surface area contributed by atoms with E-state index in [1.165, 1.54) is 43.2 Å². The first-order chi connectivity index (χ1) is 8.82. The highest BCUT2D eigenvalue weighted by Crippen LogP contribution is 2.58. The first-order valence-corrected chi connectivity index (χ1v) is 7.66. The summed E-state index contributed by atoms with van der Waals surface area (Å²) in [7, 11) is 0. The lowest BCUT2D eigenvalue weighted by Crippen LogP contribution is -2.22. The average molecular weight is 258 g/mol. The summed E-state index contributed by atoms with van der Waals surface area (Å²) in [5.74, 6) is 1.50. The summed E-state index contributed by atoms with van der Waals surface area (Å²) in [6, 6.07) is 4.41. The van der Waals surface area contributed by atoms with Crippen molar-refractivity contribution < 1.29 is 5.11 Å². The van der Waals surface area contributed by atoms with E-state index in [0.29, 0.717) is 11.2 Å². The lowest BCUT2D eigenvalue weighted by Gasteiger charge is -2.31. The van der Waals surface area contributed by atoms with Crippen LogP contribution in [0.2, 0.25) is 0 Å². The fourth-order valence-corrected chi connectivity index (χ4v) is 4.33. The molecule has 0 radical (unpaired) electrons. The predicted octanol–water partition coefficient (Wildman–Crippen LogP) is 4.83. The van der Waals surface area contributed by atoms with E-state index in [-0.39, 0.29) is 5.41 Å². The molecule has 0 saturated heterocycles. The molecule has 1 nitrogen and oxygen atoms in total. The molecule has 3 rings (SSSR count). The first kappa shape index (κ1) is 13.0. The third-order valence-electron chi connectivity index (χ3n) is 5.38. The van der Waals surface area contributed by atoms with Gasteiger partial charge in [-0.3, -0.25) is 0 Å². The van der Waals surface area contributed by atoms with Crippen LogP contribution in [-0.4, -0.2) is 5.11 Å². The predicted molar refractivity (Wildman–Crippen MR) is 79.8 cm³/mol. The third kappa shape index (κ3) is 1.98. The van der Waals surface area contributed by atoms with E-state index in [4.69, 9.17) is 0 Å². The smallest absolute Gasteiger partial charge is 0.123 e. The van der Waals surface area contributed by atoms with Crippen LogP contribution in [0.1, 0.15) is 69.6 Å². The van der Waals surface area contributed by atoms with Crippen molar-refractivity contribution in [1.82, 2.24) is 0 Å². The number of hydrogen-bond donors (Lipinski definition) is 1. The van der Waals surface area contributed by atoms with Crippen molar-refractivity contribution in [3.05, 3.63) is 28.8 Å². The second-order valence-corrected chi connectivity index (χ2v) is 7.89. The van der Waals surface area contributed by atoms with Gasteiger partial charge in [0.25, 0.3) is 0 Å². The van der Waals surface area contributed by atoms with Crippen molar-refractivity contribution in [2.24, 2.45) is 5.92 Å². The third-order valence-corrected chi connectivity index (χ3v) is 5.38. The second-order valence-electron chi connectivity index (χ2n) is 7.89. The molecule has 0 unspecified atom stereocenters. The summed E-state index contributed by atoms with van der Waals surface area (Å²) in [6.45, 7) is 8.73. The van der Waals surface area contributed by atoms with E-state index in [9.17, 15) is 5.11 Å². The Morgan fingerprint density at radius 1 is 1.16 bits per heavy atom. The Morgan fingerprint density at radius 2 is 1.79 bits per heavy atom. The summed E-state index contributed by atoms with van der Waals surface area (Å²) in [5, 5.41) is 10.8. The van der Waals surface area contributed by atoms with Gasteiger partial charge in [0, 0.05) is 5.56 Å². The SMILES string of the molecule is Cc1cc(C(C)(C)C)c(O)c(C23CCC(CC2)C3)c1. The summed E-state index contributed by atoms with van der Waals surface area (Å²) in [6.07, 6.45) is 6.57. The molecule has 2 aliphatic rings. The number of benzene rings is 1. The lowest BCUT2D eigenvalue weighted by atomic mass is 9.74. The Morgan fingerprint density at radius 3 is 2.26 bits per heavy atom. The minimum atomic E-state index is 0.0120. The van der Waals surface area contributed by atoms with Crippen molar-refractivity contribution in [1.29, 1.82) is 0 Å². The maximum Gasteiger partial charge on any atom is 0.123 e. The van der Waals surface area contributed by atoms with Gasteiger partial charge in [-0.15, -0.1) is 0 Å². The zero-order valence-corrected chi connectivity index (χ0v) is 12.7. The van der Waals surface area contributed by atoms with Crippen LogP contribution >= 0.6 is 0 Å². The van der Waals surface area contributed by atoms with Crippen LogP contribution in [0, 0.1) is 12.8 Å². The maximum atomic E-state index is 10.8. The molecule has 1 heteroatoms. The van der Waals surface area contributed by atoms with Crippen molar-refractivity contribution >= 4 is 0 Å². The fourth-order valence-electron chi connectivity index (χ4n) is 4.33. The monoisotopic (exact) mass is 258 g/mol. The van der Waals surface area contributed by atoms with Crippen LogP contribution in [0.3, 0.4) is 0 Å². The molecule has 104 valence electrons. The number of hydrogen-bond acceptors (Lipinski definition) is 1. The van der Waals surface area contributed by atoms with Crippen LogP contribution in [0.4, 0.5) is 0 Å². The number of phenols is 1. The van der Waals surface area contributed by atoms with Gasteiger partial charge in [0.1, 0.15) is 5.75 Å². The Bertz CT molecular complexity index is 499. The number of rotatable bonds is 1. The number of aryl methyl sites for hydroxylation is 1. The van der Waals surface area contributed by atoms with Gasteiger partial charge in [0.2, 0.25) is 0 Å². The first-order valence-electron chi connectivity index (χ1n) is 7.66. The minimum Gasteiger partial charge on any atom is -0.507 e. The molecule has 0 aromatic heterocycles. The molecule has 2 aliphatic carbocycles. The maximum absolute atomic E-state index is 10.8. The van der Waals surface area contributed by atoms with E-state index in [1.54, 1.807) is 0 Å². The van der Waals surface area contributed by atoms with E-state index in [0.717, 1.165) is 11.5 Å². The fraction of sp³-hybridized carbons (Fsp3) is 0.667. The van der Waals surface area contributed by atoms with Crippen molar-refractivity contribution in [2.75, 3.05) is 0 Å². The number of aromatic hydroxyl groups is 1. The summed E-state index contributed by atoms with van der Waals surface area (Å²) in [5.41, 5.74) is 3.96. The van der Waals surface area contributed by atoms with Gasteiger partial charge in [-0.05, 0) is 61.3 Å². The molecule has 0 aliphatic heterocycles. The van der Waals surface area contributed by atoms with Gasteiger partial charge in [-0.1, -0.05) is 38.5 Å². The highest BCUT2D eigenvalue weighted by molar-refractivity contribution is 5.51. The van der Waals surface area contributed by atoms with Crippen LogP contribution < -0.4 is 0 Å². The zero-order valence-electron chi connectivity index (χ0n) is 12.7. The average Bonchev–Trinajstić information content (AvgIpc) is 2.91. The van der Waals surface area contributed by atoms with E-state index < -0.39 is 0 Å².